The molecule has 1 aromatic carbocycles. The molecule has 5 heteroatoms. The maximum atomic E-state index is 13.8. The van der Waals surface area contributed by atoms with Crippen molar-refractivity contribution < 1.29 is 19.0 Å². The van der Waals surface area contributed by atoms with Gasteiger partial charge in [-0.25, -0.2) is 9.18 Å². The molecule has 0 aromatic heterocycles. The van der Waals surface area contributed by atoms with Gasteiger partial charge in [-0.3, -0.25) is 0 Å². The molecule has 0 aliphatic heterocycles. The number of rotatable bonds is 6. The Morgan fingerprint density at radius 1 is 1.56 bits per heavy atom. The average molecular weight is 253 g/mol. The number of nitrogens with zero attached hydrogens (tertiary/aromatic N) is 1. The number of aliphatic carboxylic acids is 1. The number of carbonyl (C=O) groups is 1. The Balaban J connectivity index is 2.82. The highest BCUT2D eigenvalue weighted by molar-refractivity contribution is 5.85. The van der Waals surface area contributed by atoms with Crippen LogP contribution in [-0.2, 0) is 9.53 Å². The Morgan fingerprint density at radius 2 is 2.28 bits per heavy atom. The number of hydrogen-bond donors (Lipinski definition) is 1. The molecule has 0 amide bonds. The lowest BCUT2D eigenvalue weighted by Gasteiger charge is -2.19. The van der Waals surface area contributed by atoms with Crippen LogP contribution in [0.3, 0.4) is 0 Å². The first-order chi connectivity index (χ1) is 8.54. The fourth-order valence-corrected chi connectivity index (χ4v) is 1.45. The van der Waals surface area contributed by atoms with Gasteiger partial charge >= 0.3 is 5.97 Å². The molecule has 1 aromatic rings. The highest BCUT2D eigenvalue weighted by Gasteiger charge is 2.07. The monoisotopic (exact) mass is 253 g/mol. The van der Waals surface area contributed by atoms with Crippen LogP contribution in [0.4, 0.5) is 10.1 Å². The minimum Gasteiger partial charge on any atom is -0.478 e. The molecule has 0 fully saturated rings. The van der Waals surface area contributed by atoms with Gasteiger partial charge in [0.15, 0.2) is 0 Å². The van der Waals surface area contributed by atoms with E-state index in [0.717, 1.165) is 6.08 Å². The van der Waals surface area contributed by atoms with Gasteiger partial charge in [-0.1, -0.05) is 6.07 Å². The van der Waals surface area contributed by atoms with Crippen molar-refractivity contribution >= 4 is 17.7 Å². The minimum atomic E-state index is -1.06. The Labute approximate surface area is 105 Å². The molecule has 0 saturated carbocycles. The van der Waals surface area contributed by atoms with E-state index in [2.05, 4.69) is 0 Å². The van der Waals surface area contributed by atoms with Crippen LogP contribution in [0.2, 0.25) is 0 Å². The first-order valence-corrected chi connectivity index (χ1v) is 5.45. The molecule has 0 bridgehead atoms. The van der Waals surface area contributed by atoms with Gasteiger partial charge in [-0.15, -0.1) is 0 Å². The van der Waals surface area contributed by atoms with Crippen LogP contribution < -0.4 is 4.90 Å². The molecule has 98 valence electrons. The van der Waals surface area contributed by atoms with E-state index in [0.29, 0.717) is 24.4 Å². The molecule has 0 radical (unpaired) electrons. The molecule has 1 rings (SSSR count). The number of carboxylic acid groups (broad SMARTS) is 1. The van der Waals surface area contributed by atoms with Crippen molar-refractivity contribution in [2.75, 3.05) is 32.2 Å². The number of carboxylic acids is 1. The van der Waals surface area contributed by atoms with Crippen molar-refractivity contribution in [3.63, 3.8) is 0 Å². The summed E-state index contributed by atoms with van der Waals surface area (Å²) < 4.78 is 18.7. The van der Waals surface area contributed by atoms with Crippen molar-refractivity contribution in [3.05, 3.63) is 35.7 Å². The summed E-state index contributed by atoms with van der Waals surface area (Å²) in [6, 6.07) is 4.59. The number of likely N-dealkylation sites (N-methyl/N-ethyl adjacent to an activating group) is 1. The zero-order valence-corrected chi connectivity index (χ0v) is 10.4. The van der Waals surface area contributed by atoms with E-state index in [9.17, 15) is 9.18 Å². The third kappa shape index (κ3) is 4.18. The number of hydrogen-bond acceptors (Lipinski definition) is 3. The minimum absolute atomic E-state index is 0.388. The van der Waals surface area contributed by atoms with Crippen molar-refractivity contribution in [2.45, 2.75) is 0 Å². The Hall–Kier alpha value is -1.88. The van der Waals surface area contributed by atoms with Crippen molar-refractivity contribution in [1.82, 2.24) is 0 Å². The molecule has 0 aliphatic carbocycles. The van der Waals surface area contributed by atoms with E-state index in [-0.39, 0.29) is 5.82 Å². The normalized spacial score (nSPS) is 10.8. The van der Waals surface area contributed by atoms with E-state index in [1.165, 1.54) is 12.1 Å². The lowest BCUT2D eigenvalue weighted by Crippen LogP contribution is -2.23. The van der Waals surface area contributed by atoms with Gasteiger partial charge in [0.05, 0.1) is 12.3 Å². The molecule has 0 spiro atoms. The predicted molar refractivity (Wildman–Crippen MR) is 68.2 cm³/mol. The summed E-state index contributed by atoms with van der Waals surface area (Å²) in [7, 11) is 3.36. The standard InChI is InChI=1S/C13H16FNO3/c1-15(7-8-18-2)12-5-3-10(9-11(12)14)4-6-13(16)17/h3-6,9H,7-8H2,1-2H3,(H,16,17)/b6-4+. The van der Waals surface area contributed by atoms with E-state index in [1.54, 1.807) is 31.2 Å². The first kappa shape index (κ1) is 14.2. The van der Waals surface area contributed by atoms with Crippen LogP contribution in [0.15, 0.2) is 24.3 Å². The predicted octanol–water partition coefficient (Wildman–Crippen LogP) is 2.01. The molecule has 0 atom stereocenters. The second-order valence-corrected chi connectivity index (χ2v) is 3.80. The molecule has 18 heavy (non-hydrogen) atoms. The molecule has 0 aliphatic rings. The van der Waals surface area contributed by atoms with Crippen LogP contribution in [0.1, 0.15) is 5.56 Å². The fourth-order valence-electron chi connectivity index (χ4n) is 1.45. The van der Waals surface area contributed by atoms with E-state index >= 15 is 0 Å². The summed E-state index contributed by atoms with van der Waals surface area (Å²) in [5, 5.41) is 8.48. The average Bonchev–Trinajstić information content (AvgIpc) is 2.33. The van der Waals surface area contributed by atoms with Gasteiger partial charge in [-0.05, 0) is 23.8 Å². The van der Waals surface area contributed by atoms with Crippen LogP contribution in [0.5, 0.6) is 0 Å². The Morgan fingerprint density at radius 3 is 2.83 bits per heavy atom. The molecular weight excluding hydrogens is 237 g/mol. The van der Waals surface area contributed by atoms with E-state index in [1.807, 2.05) is 0 Å². The lowest BCUT2D eigenvalue weighted by atomic mass is 10.1. The summed E-state index contributed by atoms with van der Waals surface area (Å²) in [5.74, 6) is -1.45. The molecular formula is C13H16FNO3. The smallest absolute Gasteiger partial charge is 0.328 e. The Kier molecular flexibility index (Phi) is 5.32. The summed E-state index contributed by atoms with van der Waals surface area (Å²) in [5.41, 5.74) is 0.971. The molecule has 1 N–H and O–H groups in total. The number of benzene rings is 1. The van der Waals surface area contributed by atoms with Gasteiger partial charge < -0.3 is 14.7 Å². The van der Waals surface area contributed by atoms with Crippen molar-refractivity contribution in [2.24, 2.45) is 0 Å². The van der Waals surface area contributed by atoms with Crippen molar-refractivity contribution in [3.8, 4) is 0 Å². The fraction of sp³-hybridized carbons (Fsp3) is 0.308. The summed E-state index contributed by atoms with van der Waals surface area (Å²) >= 11 is 0. The second kappa shape index (κ2) is 6.76. The maximum Gasteiger partial charge on any atom is 0.328 e. The second-order valence-electron chi connectivity index (χ2n) is 3.80. The topological polar surface area (TPSA) is 49.8 Å². The van der Waals surface area contributed by atoms with Gasteiger partial charge in [-0.2, -0.15) is 0 Å². The third-order valence-corrected chi connectivity index (χ3v) is 2.43. The number of methoxy groups -OCH3 is 1. The van der Waals surface area contributed by atoms with Crippen LogP contribution >= 0.6 is 0 Å². The summed E-state index contributed by atoms with van der Waals surface area (Å²) in [4.78, 5) is 12.1. The third-order valence-electron chi connectivity index (χ3n) is 2.43. The largest absolute Gasteiger partial charge is 0.478 e. The van der Waals surface area contributed by atoms with E-state index in [4.69, 9.17) is 9.84 Å². The number of anilines is 1. The first-order valence-electron chi connectivity index (χ1n) is 5.45. The molecule has 0 unspecified atom stereocenters. The summed E-state index contributed by atoms with van der Waals surface area (Å²) in [6.07, 6.45) is 2.33. The zero-order chi connectivity index (χ0) is 13.5. The summed E-state index contributed by atoms with van der Waals surface area (Å²) in [6.45, 7) is 1.09. The van der Waals surface area contributed by atoms with Gasteiger partial charge in [0.25, 0.3) is 0 Å². The molecule has 4 nitrogen and oxygen atoms in total. The van der Waals surface area contributed by atoms with Gasteiger partial charge in [0, 0.05) is 26.8 Å². The number of ether oxygens (including phenoxy) is 1. The van der Waals surface area contributed by atoms with Crippen molar-refractivity contribution in [1.29, 1.82) is 0 Å². The van der Waals surface area contributed by atoms with Crippen LogP contribution in [0, 0.1) is 5.82 Å². The molecule has 0 heterocycles. The maximum absolute atomic E-state index is 13.8. The van der Waals surface area contributed by atoms with Crippen LogP contribution in [-0.4, -0.2) is 38.4 Å². The molecule has 0 saturated heterocycles. The van der Waals surface area contributed by atoms with E-state index < -0.39 is 5.97 Å². The van der Waals surface area contributed by atoms with Gasteiger partial charge in [0.1, 0.15) is 5.82 Å². The highest BCUT2D eigenvalue weighted by atomic mass is 19.1. The lowest BCUT2D eigenvalue weighted by molar-refractivity contribution is -0.131. The SMILES string of the molecule is COCCN(C)c1ccc(/C=C/C(=O)O)cc1F. The quantitative estimate of drug-likeness (QED) is 0.788. The Bertz CT molecular complexity index is 446. The highest BCUT2D eigenvalue weighted by Crippen LogP contribution is 2.19. The van der Waals surface area contributed by atoms with Gasteiger partial charge in [0.2, 0.25) is 0 Å². The van der Waals surface area contributed by atoms with Crippen LogP contribution in [0.25, 0.3) is 6.08 Å². The number of halogens is 1. The zero-order valence-electron chi connectivity index (χ0n) is 10.4.